The van der Waals surface area contributed by atoms with E-state index >= 15 is 0 Å². The lowest BCUT2D eigenvalue weighted by Gasteiger charge is -2.07. The highest BCUT2D eigenvalue weighted by Gasteiger charge is 2.02. The van der Waals surface area contributed by atoms with E-state index in [1.807, 2.05) is 0 Å². The molecule has 0 spiro atoms. The molecule has 6 nitrogen and oxygen atoms in total. The summed E-state index contributed by atoms with van der Waals surface area (Å²) in [6.07, 6.45) is 0.159. The maximum atomic E-state index is 11.2. The third-order valence-electron chi connectivity index (χ3n) is 2.04. The highest BCUT2D eigenvalue weighted by atomic mass is 16.5. The van der Waals surface area contributed by atoms with Gasteiger partial charge in [0, 0.05) is 6.92 Å². The van der Waals surface area contributed by atoms with Gasteiger partial charge in [-0.3, -0.25) is 20.4 Å². The van der Waals surface area contributed by atoms with Gasteiger partial charge in [0.1, 0.15) is 11.5 Å². The molecule has 0 aliphatic carbocycles. The van der Waals surface area contributed by atoms with Gasteiger partial charge < -0.3 is 9.47 Å². The van der Waals surface area contributed by atoms with Crippen LogP contribution in [-0.4, -0.2) is 25.5 Å². The summed E-state index contributed by atoms with van der Waals surface area (Å²) in [6.45, 7) is 1.55. The van der Waals surface area contributed by atoms with Crippen molar-refractivity contribution in [2.75, 3.05) is 13.7 Å². The van der Waals surface area contributed by atoms with E-state index in [2.05, 4.69) is 10.9 Å². The summed E-state index contributed by atoms with van der Waals surface area (Å²) in [7, 11) is 1.59. The summed E-state index contributed by atoms with van der Waals surface area (Å²) in [5.74, 6) is 0.770. The Labute approximate surface area is 105 Å². The molecule has 0 unspecified atom stereocenters. The summed E-state index contributed by atoms with van der Waals surface area (Å²) >= 11 is 0. The number of benzene rings is 1. The Morgan fingerprint density at radius 2 is 1.72 bits per heavy atom. The topological polar surface area (TPSA) is 76.7 Å². The highest BCUT2D eigenvalue weighted by molar-refractivity contribution is 5.80. The van der Waals surface area contributed by atoms with Crippen molar-refractivity contribution < 1.29 is 19.1 Å². The zero-order valence-electron chi connectivity index (χ0n) is 10.4. The first-order valence-electron chi connectivity index (χ1n) is 5.44. The molecule has 2 N–H and O–H groups in total. The summed E-state index contributed by atoms with van der Waals surface area (Å²) in [4.78, 5) is 21.7. The van der Waals surface area contributed by atoms with E-state index in [4.69, 9.17) is 9.47 Å². The third kappa shape index (κ3) is 5.20. The van der Waals surface area contributed by atoms with Crippen LogP contribution in [0.2, 0.25) is 0 Å². The standard InChI is InChI=1S/C12H16N2O4/c1-9(15)13-14-12(16)7-8-18-11-5-3-10(17-2)4-6-11/h3-6H,7-8H2,1-2H3,(H,13,15)(H,14,16). The van der Waals surface area contributed by atoms with Gasteiger partial charge in [0.05, 0.1) is 20.1 Å². The first-order valence-corrected chi connectivity index (χ1v) is 5.44. The fraction of sp³-hybridized carbons (Fsp3) is 0.333. The van der Waals surface area contributed by atoms with Crippen LogP contribution < -0.4 is 20.3 Å². The molecular weight excluding hydrogens is 236 g/mol. The Hall–Kier alpha value is -2.24. The number of carbonyl (C=O) groups is 2. The summed E-state index contributed by atoms with van der Waals surface area (Å²) < 4.78 is 10.4. The van der Waals surface area contributed by atoms with Gasteiger partial charge in [-0.2, -0.15) is 0 Å². The van der Waals surface area contributed by atoms with E-state index in [0.717, 1.165) is 5.75 Å². The smallest absolute Gasteiger partial charge is 0.241 e. The maximum absolute atomic E-state index is 11.2. The molecule has 0 aliphatic heterocycles. The van der Waals surface area contributed by atoms with Crippen molar-refractivity contribution in [3.63, 3.8) is 0 Å². The van der Waals surface area contributed by atoms with Crippen LogP contribution in [0.15, 0.2) is 24.3 Å². The lowest BCUT2D eigenvalue weighted by Crippen LogP contribution is -2.40. The van der Waals surface area contributed by atoms with Gasteiger partial charge in [-0.05, 0) is 24.3 Å². The number of rotatable bonds is 5. The Kier molecular flexibility index (Phi) is 5.50. The number of hydrogen-bond donors (Lipinski definition) is 2. The average Bonchev–Trinajstić information content (AvgIpc) is 2.37. The van der Waals surface area contributed by atoms with Gasteiger partial charge in [-0.15, -0.1) is 0 Å². The zero-order valence-corrected chi connectivity index (χ0v) is 10.4. The van der Waals surface area contributed by atoms with Crippen molar-refractivity contribution in [2.24, 2.45) is 0 Å². The second-order valence-corrected chi connectivity index (χ2v) is 3.50. The van der Waals surface area contributed by atoms with Gasteiger partial charge in [0.2, 0.25) is 11.8 Å². The molecule has 1 rings (SSSR count). The van der Waals surface area contributed by atoms with Gasteiger partial charge in [-0.1, -0.05) is 0 Å². The predicted molar refractivity (Wildman–Crippen MR) is 65.1 cm³/mol. The molecule has 18 heavy (non-hydrogen) atoms. The number of nitrogens with one attached hydrogen (secondary N) is 2. The third-order valence-corrected chi connectivity index (χ3v) is 2.04. The molecule has 0 bridgehead atoms. The van der Waals surface area contributed by atoms with Gasteiger partial charge in [0.15, 0.2) is 0 Å². The summed E-state index contributed by atoms with van der Waals surface area (Å²) in [5.41, 5.74) is 4.45. The molecule has 98 valence electrons. The SMILES string of the molecule is COc1ccc(OCCC(=O)NNC(C)=O)cc1. The van der Waals surface area contributed by atoms with Crippen molar-refractivity contribution >= 4 is 11.8 Å². The number of ether oxygens (including phenoxy) is 2. The van der Waals surface area contributed by atoms with Crippen LogP contribution in [0.3, 0.4) is 0 Å². The van der Waals surface area contributed by atoms with Crippen LogP contribution in [0.1, 0.15) is 13.3 Å². The largest absolute Gasteiger partial charge is 0.497 e. The fourth-order valence-corrected chi connectivity index (χ4v) is 1.15. The molecule has 0 fully saturated rings. The van der Waals surface area contributed by atoms with Crippen LogP contribution in [0.4, 0.5) is 0 Å². The van der Waals surface area contributed by atoms with Crippen molar-refractivity contribution in [2.45, 2.75) is 13.3 Å². The van der Waals surface area contributed by atoms with Gasteiger partial charge in [-0.25, -0.2) is 0 Å². The van der Waals surface area contributed by atoms with Crippen LogP contribution in [0.5, 0.6) is 11.5 Å². The van der Waals surface area contributed by atoms with Crippen LogP contribution in [-0.2, 0) is 9.59 Å². The van der Waals surface area contributed by atoms with Crippen LogP contribution in [0.25, 0.3) is 0 Å². The van der Waals surface area contributed by atoms with Crippen LogP contribution in [0, 0.1) is 0 Å². The molecular formula is C12H16N2O4. The van der Waals surface area contributed by atoms with E-state index in [1.54, 1.807) is 31.4 Å². The fourth-order valence-electron chi connectivity index (χ4n) is 1.15. The van der Waals surface area contributed by atoms with E-state index in [9.17, 15) is 9.59 Å². The van der Waals surface area contributed by atoms with Gasteiger partial charge in [0.25, 0.3) is 0 Å². The van der Waals surface area contributed by atoms with Crippen molar-refractivity contribution in [1.29, 1.82) is 0 Å². The number of hydrogen-bond acceptors (Lipinski definition) is 4. The molecule has 0 saturated heterocycles. The van der Waals surface area contributed by atoms with Gasteiger partial charge >= 0.3 is 0 Å². The van der Waals surface area contributed by atoms with Crippen molar-refractivity contribution in [1.82, 2.24) is 10.9 Å². The lowest BCUT2D eigenvalue weighted by atomic mass is 10.3. The maximum Gasteiger partial charge on any atom is 0.241 e. The monoisotopic (exact) mass is 252 g/mol. The second-order valence-electron chi connectivity index (χ2n) is 3.50. The second kappa shape index (κ2) is 7.16. The zero-order chi connectivity index (χ0) is 13.4. The van der Waals surface area contributed by atoms with E-state index in [1.165, 1.54) is 6.92 Å². The first-order chi connectivity index (χ1) is 8.61. The van der Waals surface area contributed by atoms with Crippen molar-refractivity contribution in [3.8, 4) is 11.5 Å². The molecule has 0 aliphatic rings. The van der Waals surface area contributed by atoms with E-state index < -0.39 is 0 Å². The van der Waals surface area contributed by atoms with Crippen LogP contribution >= 0.6 is 0 Å². The number of amides is 2. The Bertz CT molecular complexity index is 403. The quantitative estimate of drug-likeness (QED) is 0.754. The minimum Gasteiger partial charge on any atom is -0.497 e. The molecule has 2 amide bonds. The predicted octanol–water partition coefficient (Wildman–Crippen LogP) is 0.631. The average molecular weight is 252 g/mol. The Morgan fingerprint density at radius 3 is 2.28 bits per heavy atom. The van der Waals surface area contributed by atoms with Crippen molar-refractivity contribution in [3.05, 3.63) is 24.3 Å². The minimum absolute atomic E-state index is 0.159. The Morgan fingerprint density at radius 1 is 1.11 bits per heavy atom. The van der Waals surface area contributed by atoms with E-state index in [0.29, 0.717) is 5.75 Å². The summed E-state index contributed by atoms with van der Waals surface area (Å²) in [6, 6.07) is 7.05. The molecule has 0 atom stereocenters. The molecule has 1 aromatic rings. The molecule has 1 aromatic carbocycles. The molecule has 0 aromatic heterocycles. The molecule has 6 heteroatoms. The number of hydrazine groups is 1. The number of carbonyl (C=O) groups excluding carboxylic acids is 2. The van der Waals surface area contributed by atoms with E-state index in [-0.39, 0.29) is 24.8 Å². The summed E-state index contributed by atoms with van der Waals surface area (Å²) in [5, 5.41) is 0. The lowest BCUT2D eigenvalue weighted by molar-refractivity contribution is -0.128. The highest BCUT2D eigenvalue weighted by Crippen LogP contribution is 2.16. The number of methoxy groups -OCH3 is 1. The minimum atomic E-state index is -0.320. The molecule has 0 heterocycles. The normalized spacial score (nSPS) is 9.44. The molecule has 0 radical (unpaired) electrons. The first kappa shape index (κ1) is 13.8. The Balaban J connectivity index is 2.24. The molecule has 0 saturated carbocycles.